The monoisotopic (exact) mass is 448 g/mol. The lowest BCUT2D eigenvalue weighted by molar-refractivity contribution is -0.141. The number of fused-ring (bicyclic) bond motifs is 3. The van der Waals surface area contributed by atoms with Gasteiger partial charge in [-0.05, 0) is 40.5 Å². The van der Waals surface area contributed by atoms with Gasteiger partial charge in [0.25, 0.3) is 0 Å². The van der Waals surface area contributed by atoms with Crippen LogP contribution in [-0.2, 0) is 14.3 Å². The number of alkyl carbamates (subject to hydrolysis) is 1. The van der Waals surface area contributed by atoms with E-state index in [1.54, 1.807) is 6.08 Å². The third-order valence-corrected chi connectivity index (χ3v) is 6.56. The number of nitrogens with one attached hydrogen (secondary N) is 2. The van der Waals surface area contributed by atoms with Crippen LogP contribution in [0.25, 0.3) is 11.1 Å². The van der Waals surface area contributed by atoms with E-state index in [0.29, 0.717) is 6.54 Å². The molecule has 2 aromatic carbocycles. The third kappa shape index (κ3) is 5.25. The van der Waals surface area contributed by atoms with Gasteiger partial charge in [-0.2, -0.15) is 0 Å². The number of hydrogen-bond donors (Lipinski definition) is 3. The van der Waals surface area contributed by atoms with Gasteiger partial charge in [0, 0.05) is 25.1 Å². The minimum absolute atomic E-state index is 0.00546. The number of carbonyl (C=O) groups excluding carboxylic acids is 2. The average Bonchev–Trinajstić information content (AvgIpc) is 3.10. The molecule has 0 saturated heterocycles. The van der Waals surface area contributed by atoms with Crippen molar-refractivity contribution in [3.63, 3.8) is 0 Å². The summed E-state index contributed by atoms with van der Waals surface area (Å²) in [6, 6.07) is 16.3. The maximum Gasteiger partial charge on any atom is 0.407 e. The zero-order chi connectivity index (χ0) is 23.3. The number of rotatable bonds is 9. The highest BCUT2D eigenvalue weighted by molar-refractivity contribution is 5.87. The summed E-state index contributed by atoms with van der Waals surface area (Å²) in [7, 11) is 0. The van der Waals surface area contributed by atoms with Gasteiger partial charge in [0.05, 0.1) is 6.42 Å². The molecule has 0 heterocycles. The maximum absolute atomic E-state index is 12.2. The Bertz CT molecular complexity index is 1030. The number of hydrogen-bond acceptors (Lipinski definition) is 4. The second kappa shape index (κ2) is 9.90. The van der Waals surface area contributed by atoms with E-state index in [1.807, 2.05) is 24.3 Å². The van der Waals surface area contributed by atoms with Crippen LogP contribution in [0.3, 0.4) is 0 Å². The zero-order valence-corrected chi connectivity index (χ0v) is 18.4. The van der Waals surface area contributed by atoms with Crippen molar-refractivity contribution in [3.05, 3.63) is 71.8 Å². The van der Waals surface area contributed by atoms with Crippen molar-refractivity contribution in [1.29, 1.82) is 0 Å². The summed E-state index contributed by atoms with van der Waals surface area (Å²) in [4.78, 5) is 35.2. The molecule has 2 aliphatic carbocycles. The smallest absolute Gasteiger partial charge is 0.407 e. The van der Waals surface area contributed by atoms with Crippen molar-refractivity contribution in [2.45, 2.75) is 31.6 Å². The lowest BCUT2D eigenvalue weighted by Gasteiger charge is -2.40. The normalized spacial score (nSPS) is 15.9. The number of aliphatic carboxylic acids is 1. The van der Waals surface area contributed by atoms with Gasteiger partial charge in [0.1, 0.15) is 6.61 Å². The van der Waals surface area contributed by atoms with Gasteiger partial charge in [0.2, 0.25) is 5.91 Å². The van der Waals surface area contributed by atoms with Crippen molar-refractivity contribution in [2.24, 2.45) is 5.41 Å². The molecule has 7 heteroatoms. The molecule has 2 aliphatic rings. The summed E-state index contributed by atoms with van der Waals surface area (Å²) >= 11 is 0. The minimum atomic E-state index is -0.841. The Morgan fingerprint density at radius 2 is 1.64 bits per heavy atom. The van der Waals surface area contributed by atoms with E-state index in [9.17, 15) is 14.4 Å². The third-order valence-electron chi connectivity index (χ3n) is 6.56. The molecule has 0 spiro atoms. The first-order valence-corrected chi connectivity index (χ1v) is 11.2. The van der Waals surface area contributed by atoms with Crippen LogP contribution < -0.4 is 10.6 Å². The molecule has 0 bridgehead atoms. The second-order valence-corrected chi connectivity index (χ2v) is 8.75. The van der Waals surface area contributed by atoms with Crippen LogP contribution >= 0.6 is 0 Å². The van der Waals surface area contributed by atoms with Gasteiger partial charge < -0.3 is 20.5 Å². The summed E-state index contributed by atoms with van der Waals surface area (Å²) in [6.45, 7) is 0.738. The molecule has 0 aromatic heterocycles. The molecule has 0 radical (unpaired) electrons. The number of ether oxygens (including phenoxy) is 1. The van der Waals surface area contributed by atoms with Crippen LogP contribution in [0.1, 0.15) is 42.7 Å². The summed E-state index contributed by atoms with van der Waals surface area (Å²) in [6.07, 6.45) is 5.03. The zero-order valence-electron chi connectivity index (χ0n) is 18.4. The minimum Gasteiger partial charge on any atom is -0.481 e. The molecule has 7 nitrogen and oxygen atoms in total. The highest BCUT2D eigenvalue weighted by Gasteiger charge is 2.39. The van der Waals surface area contributed by atoms with E-state index in [1.165, 1.54) is 17.2 Å². The van der Waals surface area contributed by atoms with Gasteiger partial charge in [-0.15, -0.1) is 0 Å². The van der Waals surface area contributed by atoms with Crippen LogP contribution in [0.5, 0.6) is 0 Å². The predicted octanol–water partition coefficient (Wildman–Crippen LogP) is 3.84. The largest absolute Gasteiger partial charge is 0.481 e. The Balaban J connectivity index is 1.21. The molecule has 2 amide bonds. The molecular formula is C26H28N2O5. The van der Waals surface area contributed by atoms with Crippen LogP contribution in [0.15, 0.2) is 60.7 Å². The first-order valence-electron chi connectivity index (χ1n) is 11.2. The van der Waals surface area contributed by atoms with Gasteiger partial charge in [-0.25, -0.2) is 4.79 Å². The van der Waals surface area contributed by atoms with E-state index < -0.39 is 12.1 Å². The molecular weight excluding hydrogens is 420 g/mol. The highest BCUT2D eigenvalue weighted by atomic mass is 16.5. The predicted molar refractivity (Wildman–Crippen MR) is 124 cm³/mol. The fourth-order valence-electron chi connectivity index (χ4n) is 4.70. The molecule has 2 aromatic rings. The Hall–Kier alpha value is -3.61. The van der Waals surface area contributed by atoms with Crippen LogP contribution in [0, 0.1) is 5.41 Å². The van der Waals surface area contributed by atoms with E-state index in [-0.39, 0.29) is 36.8 Å². The number of amides is 2. The van der Waals surface area contributed by atoms with Gasteiger partial charge in [-0.1, -0.05) is 61.0 Å². The van der Waals surface area contributed by atoms with Gasteiger partial charge in [0.15, 0.2) is 0 Å². The second-order valence-electron chi connectivity index (χ2n) is 8.75. The van der Waals surface area contributed by atoms with E-state index in [0.717, 1.165) is 30.4 Å². The van der Waals surface area contributed by atoms with Gasteiger partial charge in [-0.3, -0.25) is 9.59 Å². The molecule has 1 fully saturated rings. The fraction of sp³-hybridized carbons (Fsp3) is 0.346. The molecule has 1 saturated carbocycles. The molecule has 172 valence electrons. The summed E-state index contributed by atoms with van der Waals surface area (Å²) < 4.78 is 5.46. The molecule has 0 aliphatic heterocycles. The Kier molecular flexibility index (Phi) is 6.77. The Morgan fingerprint density at radius 1 is 1.00 bits per heavy atom. The number of carboxylic acid groups (broad SMARTS) is 1. The number of carboxylic acids is 1. The lowest BCUT2D eigenvalue weighted by Crippen LogP contribution is -2.43. The van der Waals surface area contributed by atoms with Crippen molar-refractivity contribution in [3.8, 4) is 11.1 Å². The number of carbonyl (C=O) groups is 3. The molecule has 4 rings (SSSR count). The van der Waals surface area contributed by atoms with Crippen LogP contribution in [-0.4, -0.2) is 42.8 Å². The topological polar surface area (TPSA) is 105 Å². The summed E-state index contributed by atoms with van der Waals surface area (Å²) in [5.41, 5.74) is 4.31. The van der Waals surface area contributed by atoms with Crippen molar-refractivity contribution < 1.29 is 24.2 Å². The van der Waals surface area contributed by atoms with Crippen molar-refractivity contribution in [2.75, 3.05) is 19.7 Å². The highest BCUT2D eigenvalue weighted by Crippen LogP contribution is 2.44. The lowest BCUT2D eigenvalue weighted by atomic mass is 9.66. The molecule has 33 heavy (non-hydrogen) atoms. The Morgan fingerprint density at radius 3 is 2.21 bits per heavy atom. The van der Waals surface area contributed by atoms with E-state index >= 15 is 0 Å². The van der Waals surface area contributed by atoms with Crippen molar-refractivity contribution >= 4 is 18.0 Å². The molecule has 0 atom stereocenters. The molecule has 0 unspecified atom stereocenters. The first-order chi connectivity index (χ1) is 16.0. The molecule has 3 N–H and O–H groups in total. The van der Waals surface area contributed by atoms with E-state index in [2.05, 4.69) is 34.9 Å². The standard InChI is InChI=1S/C26H28N2O5/c29-23(28-17-26(12-6-13-26)15-24(30)31)11-5-14-27-25(32)33-16-22-20-9-3-1-7-18(20)19-8-2-4-10-21(19)22/h1-5,7-11,22H,6,12-17H2,(H,27,32)(H,28,29)(H,30,31)/b11-5+. The Labute approximate surface area is 192 Å². The summed E-state index contributed by atoms with van der Waals surface area (Å²) in [5, 5.41) is 14.4. The quantitative estimate of drug-likeness (QED) is 0.506. The van der Waals surface area contributed by atoms with Crippen molar-refractivity contribution in [1.82, 2.24) is 10.6 Å². The van der Waals surface area contributed by atoms with Crippen LogP contribution in [0.4, 0.5) is 4.79 Å². The number of benzene rings is 2. The first kappa shape index (κ1) is 22.6. The van der Waals surface area contributed by atoms with Crippen LogP contribution in [0.2, 0.25) is 0 Å². The van der Waals surface area contributed by atoms with E-state index in [4.69, 9.17) is 9.84 Å². The fourth-order valence-corrected chi connectivity index (χ4v) is 4.70. The average molecular weight is 449 g/mol. The SMILES string of the molecule is O=C(O)CC1(CNC(=O)/C=C/CNC(=O)OCC2c3ccccc3-c3ccccc32)CCC1. The van der Waals surface area contributed by atoms with Gasteiger partial charge >= 0.3 is 12.1 Å². The summed E-state index contributed by atoms with van der Waals surface area (Å²) in [5.74, 6) is -1.15. The maximum atomic E-state index is 12.2.